The lowest BCUT2D eigenvalue weighted by atomic mass is 10.00. The van der Waals surface area contributed by atoms with Gasteiger partial charge in [0.2, 0.25) is 5.91 Å². The smallest absolute Gasteiger partial charge is 0.224 e. The van der Waals surface area contributed by atoms with Crippen LogP contribution in [0.25, 0.3) is 10.9 Å². The van der Waals surface area contributed by atoms with Crippen LogP contribution in [0.2, 0.25) is 0 Å². The molecule has 2 aromatic rings. The topological polar surface area (TPSA) is 34.0 Å². The molecule has 0 atom stereocenters. The fourth-order valence-electron chi connectivity index (χ4n) is 4.22. The van der Waals surface area contributed by atoms with Gasteiger partial charge in [-0.15, -0.1) is 0 Å². The van der Waals surface area contributed by atoms with Gasteiger partial charge in [-0.25, -0.2) is 0 Å². The molecular formula is C19H24N2O. The van der Waals surface area contributed by atoms with Crippen molar-refractivity contribution in [3.8, 4) is 0 Å². The first-order chi connectivity index (χ1) is 10.8. The van der Waals surface area contributed by atoms with Crippen LogP contribution in [0.5, 0.6) is 0 Å². The first-order valence-corrected chi connectivity index (χ1v) is 8.74. The van der Waals surface area contributed by atoms with E-state index < -0.39 is 0 Å². The number of hydrogen-bond acceptors (Lipinski definition) is 1. The van der Waals surface area contributed by atoms with E-state index in [9.17, 15) is 4.79 Å². The summed E-state index contributed by atoms with van der Waals surface area (Å²) in [6, 6.07) is 4.42. The third kappa shape index (κ3) is 2.15. The average molecular weight is 296 g/mol. The number of nitrogens with one attached hydrogen (secondary N) is 1. The van der Waals surface area contributed by atoms with Crippen molar-refractivity contribution in [1.82, 2.24) is 4.57 Å². The fraction of sp³-hybridized carbons (Fsp3) is 0.526. The van der Waals surface area contributed by atoms with Crippen molar-refractivity contribution in [3.63, 3.8) is 0 Å². The van der Waals surface area contributed by atoms with Gasteiger partial charge < -0.3 is 9.88 Å². The molecule has 0 saturated heterocycles. The van der Waals surface area contributed by atoms with E-state index in [-0.39, 0.29) is 5.91 Å². The van der Waals surface area contributed by atoms with Crippen molar-refractivity contribution in [2.75, 3.05) is 5.32 Å². The second-order valence-corrected chi connectivity index (χ2v) is 6.67. The molecule has 0 radical (unpaired) electrons. The number of anilines is 1. The largest absolute Gasteiger partial charge is 0.344 e. The summed E-state index contributed by atoms with van der Waals surface area (Å²) >= 11 is 0. The highest BCUT2D eigenvalue weighted by Crippen LogP contribution is 2.38. The minimum absolute atomic E-state index is 0.105. The standard InChI is InChI=1S/C19H24N2O/c1-2-18(22)20-14-11-13-7-6-10-21-17-9-5-3-4-8-15(17)16(12-14)19(13)21/h11-12H,2-10H2,1H3,(H,20,22). The Kier molecular flexibility index (Phi) is 3.44. The van der Waals surface area contributed by atoms with Gasteiger partial charge in [-0.2, -0.15) is 0 Å². The monoisotopic (exact) mass is 296 g/mol. The van der Waals surface area contributed by atoms with Gasteiger partial charge in [0.15, 0.2) is 0 Å². The summed E-state index contributed by atoms with van der Waals surface area (Å²) in [6.07, 6.45) is 9.26. The molecule has 1 aliphatic carbocycles. The second-order valence-electron chi connectivity index (χ2n) is 6.67. The van der Waals surface area contributed by atoms with Gasteiger partial charge in [-0.05, 0) is 61.8 Å². The molecule has 22 heavy (non-hydrogen) atoms. The summed E-state index contributed by atoms with van der Waals surface area (Å²) in [7, 11) is 0. The van der Waals surface area contributed by atoms with Crippen LogP contribution in [0.4, 0.5) is 5.69 Å². The Labute approximate surface area is 131 Å². The molecule has 116 valence electrons. The highest BCUT2D eigenvalue weighted by atomic mass is 16.1. The molecule has 1 amide bonds. The van der Waals surface area contributed by atoms with Crippen LogP contribution >= 0.6 is 0 Å². The molecule has 0 saturated carbocycles. The van der Waals surface area contributed by atoms with Crippen LogP contribution in [-0.4, -0.2) is 10.5 Å². The fourth-order valence-corrected chi connectivity index (χ4v) is 4.22. The van der Waals surface area contributed by atoms with E-state index in [2.05, 4.69) is 22.0 Å². The van der Waals surface area contributed by atoms with E-state index in [4.69, 9.17) is 0 Å². The van der Waals surface area contributed by atoms with Crippen molar-refractivity contribution in [2.24, 2.45) is 0 Å². The molecule has 2 aliphatic rings. The molecule has 1 aromatic heterocycles. The first-order valence-electron chi connectivity index (χ1n) is 8.74. The van der Waals surface area contributed by atoms with Crippen molar-refractivity contribution in [1.29, 1.82) is 0 Å². The van der Waals surface area contributed by atoms with Crippen LogP contribution < -0.4 is 5.32 Å². The van der Waals surface area contributed by atoms with E-state index in [0.29, 0.717) is 6.42 Å². The minimum atomic E-state index is 0.105. The quantitative estimate of drug-likeness (QED) is 0.828. The van der Waals surface area contributed by atoms with Gasteiger partial charge in [0, 0.05) is 29.7 Å². The predicted octanol–water partition coefficient (Wildman–Crippen LogP) is 4.20. The summed E-state index contributed by atoms with van der Waals surface area (Å²) in [4.78, 5) is 11.8. The van der Waals surface area contributed by atoms with Crippen molar-refractivity contribution in [2.45, 2.75) is 64.8 Å². The molecule has 0 fully saturated rings. The SMILES string of the molecule is CCC(=O)Nc1cc2c3c(c1)c1c(n3CCC2)CCCCC1. The maximum atomic E-state index is 11.8. The number of carbonyl (C=O) groups is 1. The Morgan fingerprint density at radius 2 is 2.00 bits per heavy atom. The van der Waals surface area contributed by atoms with E-state index in [1.165, 1.54) is 61.5 Å². The Morgan fingerprint density at radius 1 is 1.14 bits per heavy atom. The van der Waals surface area contributed by atoms with Crippen LogP contribution in [0.3, 0.4) is 0 Å². The molecule has 3 nitrogen and oxygen atoms in total. The van der Waals surface area contributed by atoms with Crippen LogP contribution in [0.15, 0.2) is 12.1 Å². The normalized spacial score (nSPS) is 17.1. The van der Waals surface area contributed by atoms with Crippen LogP contribution in [0, 0.1) is 0 Å². The molecule has 1 aromatic carbocycles. The first kappa shape index (κ1) is 13.9. The average Bonchev–Trinajstić information content (AvgIpc) is 2.71. The molecular weight excluding hydrogens is 272 g/mol. The number of rotatable bonds is 2. The highest BCUT2D eigenvalue weighted by molar-refractivity contribution is 5.97. The van der Waals surface area contributed by atoms with Crippen LogP contribution in [0.1, 0.15) is 55.8 Å². The third-order valence-corrected chi connectivity index (χ3v) is 5.23. The zero-order valence-electron chi connectivity index (χ0n) is 13.4. The zero-order valence-corrected chi connectivity index (χ0v) is 13.4. The zero-order chi connectivity index (χ0) is 15.1. The molecule has 3 heteroatoms. The third-order valence-electron chi connectivity index (χ3n) is 5.23. The van der Waals surface area contributed by atoms with Gasteiger partial charge in [0.1, 0.15) is 0 Å². The Morgan fingerprint density at radius 3 is 2.86 bits per heavy atom. The predicted molar refractivity (Wildman–Crippen MR) is 90.4 cm³/mol. The lowest BCUT2D eigenvalue weighted by Gasteiger charge is -2.19. The number of fused-ring (bicyclic) bond motifs is 3. The lowest BCUT2D eigenvalue weighted by Crippen LogP contribution is -2.12. The summed E-state index contributed by atoms with van der Waals surface area (Å²) in [5, 5.41) is 4.47. The van der Waals surface area contributed by atoms with E-state index >= 15 is 0 Å². The van der Waals surface area contributed by atoms with Gasteiger partial charge in [-0.1, -0.05) is 13.3 Å². The van der Waals surface area contributed by atoms with Crippen molar-refractivity contribution < 1.29 is 4.79 Å². The highest BCUT2D eigenvalue weighted by Gasteiger charge is 2.23. The van der Waals surface area contributed by atoms with E-state index in [0.717, 1.165) is 12.1 Å². The number of aryl methyl sites for hydroxylation is 3. The maximum absolute atomic E-state index is 11.8. The second kappa shape index (κ2) is 5.45. The lowest BCUT2D eigenvalue weighted by molar-refractivity contribution is -0.115. The van der Waals surface area contributed by atoms with Gasteiger partial charge in [-0.3, -0.25) is 4.79 Å². The van der Waals surface area contributed by atoms with Gasteiger partial charge in [0.05, 0.1) is 5.52 Å². The summed E-state index contributed by atoms with van der Waals surface area (Å²) in [6.45, 7) is 3.07. The van der Waals surface area contributed by atoms with E-state index in [1.54, 1.807) is 11.3 Å². The van der Waals surface area contributed by atoms with Crippen molar-refractivity contribution >= 4 is 22.5 Å². The minimum Gasteiger partial charge on any atom is -0.344 e. The van der Waals surface area contributed by atoms with Crippen molar-refractivity contribution in [3.05, 3.63) is 29.0 Å². The van der Waals surface area contributed by atoms with E-state index in [1.807, 2.05) is 6.92 Å². The van der Waals surface area contributed by atoms with Crippen LogP contribution in [-0.2, 0) is 30.6 Å². The number of aromatic nitrogens is 1. The Bertz CT molecular complexity index is 742. The molecule has 0 spiro atoms. The number of nitrogens with zero attached hydrogens (tertiary/aromatic N) is 1. The number of amides is 1. The Balaban J connectivity index is 1.91. The summed E-state index contributed by atoms with van der Waals surface area (Å²) in [5.41, 5.74) is 6.99. The number of carbonyl (C=O) groups excluding carboxylic acids is 1. The summed E-state index contributed by atoms with van der Waals surface area (Å²) in [5.74, 6) is 0.105. The number of benzene rings is 1. The maximum Gasteiger partial charge on any atom is 0.224 e. The molecule has 1 aliphatic heterocycles. The molecule has 4 rings (SSSR count). The summed E-state index contributed by atoms with van der Waals surface area (Å²) < 4.78 is 2.58. The number of hydrogen-bond donors (Lipinski definition) is 1. The Hall–Kier alpha value is -1.77. The molecule has 2 heterocycles. The van der Waals surface area contributed by atoms with Gasteiger partial charge >= 0.3 is 0 Å². The molecule has 0 bridgehead atoms. The molecule has 0 unspecified atom stereocenters. The van der Waals surface area contributed by atoms with Gasteiger partial charge in [0.25, 0.3) is 0 Å². The molecule has 1 N–H and O–H groups in total.